The molecule has 2 heterocycles. The zero-order valence-corrected chi connectivity index (χ0v) is 15.8. The van der Waals surface area contributed by atoms with Gasteiger partial charge in [0.25, 0.3) is 0 Å². The molecule has 2 N–H and O–H groups in total. The maximum atomic E-state index is 14.3. The van der Waals surface area contributed by atoms with Crippen molar-refractivity contribution in [3.8, 4) is 17.0 Å². The lowest BCUT2D eigenvalue weighted by Gasteiger charge is -2.21. The molecule has 0 amide bonds. The number of anilines is 1. The maximum Gasteiger partial charge on any atom is 0.188 e. The highest BCUT2D eigenvalue weighted by atomic mass is 32.2. The summed E-state index contributed by atoms with van der Waals surface area (Å²) in [5, 5.41) is 0. The summed E-state index contributed by atoms with van der Waals surface area (Å²) >= 11 is 0. The Bertz CT molecular complexity index is 1100. The largest absolute Gasteiger partial charge is 0.495 e. The van der Waals surface area contributed by atoms with E-state index in [9.17, 15) is 12.8 Å². The van der Waals surface area contributed by atoms with Crippen molar-refractivity contribution in [2.45, 2.75) is 30.4 Å². The molecule has 0 aliphatic rings. The lowest BCUT2D eigenvalue weighted by molar-refractivity contribution is 0.401. The van der Waals surface area contributed by atoms with Crippen LogP contribution in [0.4, 0.5) is 10.1 Å². The predicted molar refractivity (Wildman–Crippen MR) is 98.5 cm³/mol. The van der Waals surface area contributed by atoms with Crippen molar-refractivity contribution in [1.29, 1.82) is 0 Å². The number of benzene rings is 1. The fraction of sp³-hybridized carbons (Fsp3) is 0.278. The normalized spacial score (nSPS) is 12.5. The lowest BCUT2D eigenvalue weighted by atomic mass is 10.1. The summed E-state index contributed by atoms with van der Waals surface area (Å²) < 4.78 is 46.0. The first-order valence-corrected chi connectivity index (χ1v) is 9.39. The Morgan fingerprint density at radius 2 is 1.92 bits per heavy atom. The Hall–Kier alpha value is -2.61. The van der Waals surface area contributed by atoms with Gasteiger partial charge in [-0.1, -0.05) is 0 Å². The molecule has 3 aromatic rings. The second-order valence-electron chi connectivity index (χ2n) is 6.93. The highest BCUT2D eigenvalue weighted by Crippen LogP contribution is 2.35. The number of fused-ring (bicyclic) bond motifs is 1. The molecule has 0 aliphatic heterocycles. The van der Waals surface area contributed by atoms with Gasteiger partial charge in [0.15, 0.2) is 9.84 Å². The molecule has 0 saturated carbocycles. The van der Waals surface area contributed by atoms with Crippen LogP contribution in [0.25, 0.3) is 16.9 Å². The average Bonchev–Trinajstić information content (AvgIpc) is 2.97. The number of methoxy groups -OCH3 is 1. The fourth-order valence-electron chi connectivity index (χ4n) is 2.62. The van der Waals surface area contributed by atoms with Crippen LogP contribution in [0.1, 0.15) is 20.8 Å². The quantitative estimate of drug-likeness (QED) is 0.708. The molecule has 6 nitrogen and oxygen atoms in total. The van der Waals surface area contributed by atoms with Gasteiger partial charge in [0.2, 0.25) is 0 Å². The minimum absolute atomic E-state index is 0.0172. The number of nitrogens with zero attached hydrogens (tertiary/aromatic N) is 2. The molecule has 138 valence electrons. The summed E-state index contributed by atoms with van der Waals surface area (Å²) in [6, 6.07) is 5.73. The van der Waals surface area contributed by atoms with Crippen LogP contribution < -0.4 is 10.5 Å². The number of pyridine rings is 1. The number of imidazole rings is 1. The van der Waals surface area contributed by atoms with Crippen molar-refractivity contribution in [2.75, 3.05) is 12.8 Å². The van der Waals surface area contributed by atoms with Gasteiger partial charge < -0.3 is 10.5 Å². The number of nitrogen functional groups attached to an aromatic ring is 1. The number of ether oxygens (including phenoxy) is 1. The number of rotatable bonds is 3. The summed E-state index contributed by atoms with van der Waals surface area (Å²) in [7, 11) is -2.30. The van der Waals surface area contributed by atoms with Gasteiger partial charge in [0.1, 0.15) is 22.1 Å². The van der Waals surface area contributed by atoms with Crippen LogP contribution in [-0.4, -0.2) is 29.7 Å². The van der Waals surface area contributed by atoms with Crippen molar-refractivity contribution >= 4 is 21.2 Å². The number of hydrogen-bond donors (Lipinski definition) is 1. The van der Waals surface area contributed by atoms with Crippen molar-refractivity contribution in [3.05, 3.63) is 42.5 Å². The number of hydrogen-bond acceptors (Lipinski definition) is 5. The summed E-state index contributed by atoms with van der Waals surface area (Å²) in [5.41, 5.74) is 7.24. The van der Waals surface area contributed by atoms with Crippen LogP contribution in [0.2, 0.25) is 0 Å². The zero-order chi connectivity index (χ0) is 19.3. The molecule has 0 bridgehead atoms. The maximum absolute atomic E-state index is 14.3. The summed E-state index contributed by atoms with van der Waals surface area (Å²) in [6.07, 6.45) is 2.89. The molecule has 0 atom stereocenters. The molecule has 1 aromatic carbocycles. The van der Waals surface area contributed by atoms with E-state index in [0.29, 0.717) is 17.0 Å². The van der Waals surface area contributed by atoms with Crippen molar-refractivity contribution in [2.24, 2.45) is 0 Å². The molecule has 0 fully saturated rings. The molecular weight excluding hydrogens is 357 g/mol. The average molecular weight is 377 g/mol. The summed E-state index contributed by atoms with van der Waals surface area (Å²) in [4.78, 5) is 4.26. The molecule has 8 heteroatoms. The van der Waals surface area contributed by atoms with Gasteiger partial charge in [-0.05, 0) is 39.0 Å². The first kappa shape index (κ1) is 18.2. The van der Waals surface area contributed by atoms with Crippen LogP contribution in [0.3, 0.4) is 0 Å². The van der Waals surface area contributed by atoms with Gasteiger partial charge in [-0.2, -0.15) is 0 Å². The third-order valence-corrected chi connectivity index (χ3v) is 6.65. The zero-order valence-electron chi connectivity index (χ0n) is 14.9. The lowest BCUT2D eigenvalue weighted by Crippen LogP contribution is -2.28. The van der Waals surface area contributed by atoms with Crippen LogP contribution >= 0.6 is 0 Å². The minimum atomic E-state index is -3.70. The van der Waals surface area contributed by atoms with Crippen LogP contribution in [0.15, 0.2) is 41.6 Å². The molecule has 0 spiro atoms. The number of halogens is 1. The SMILES string of the molecule is COc1cc2ncc(-c3cc(N)ccc3F)n2cc1S(=O)(=O)C(C)(C)C. The van der Waals surface area contributed by atoms with E-state index in [1.807, 2.05) is 0 Å². The first-order valence-electron chi connectivity index (χ1n) is 7.91. The number of sulfone groups is 1. The van der Waals surface area contributed by atoms with E-state index in [1.165, 1.54) is 48.2 Å². The third kappa shape index (κ3) is 2.80. The first-order chi connectivity index (χ1) is 12.1. The molecule has 3 rings (SSSR count). The van der Waals surface area contributed by atoms with Gasteiger partial charge in [-0.3, -0.25) is 4.40 Å². The molecule has 0 radical (unpaired) electrons. The topological polar surface area (TPSA) is 86.7 Å². The van der Waals surface area contributed by atoms with Gasteiger partial charge in [0.05, 0.1) is 23.7 Å². The van der Waals surface area contributed by atoms with Crippen molar-refractivity contribution in [3.63, 3.8) is 0 Å². The minimum Gasteiger partial charge on any atom is -0.495 e. The third-order valence-electron chi connectivity index (χ3n) is 4.16. The summed E-state index contributed by atoms with van der Waals surface area (Å²) in [6.45, 7) is 4.83. The van der Waals surface area contributed by atoms with E-state index < -0.39 is 20.4 Å². The van der Waals surface area contributed by atoms with E-state index >= 15 is 0 Å². The molecular formula is C18H20FN3O3S. The highest BCUT2D eigenvalue weighted by Gasteiger charge is 2.34. The van der Waals surface area contributed by atoms with E-state index in [-0.39, 0.29) is 16.2 Å². The van der Waals surface area contributed by atoms with Crippen LogP contribution in [0, 0.1) is 5.82 Å². The van der Waals surface area contributed by atoms with Gasteiger partial charge in [-0.25, -0.2) is 17.8 Å². The van der Waals surface area contributed by atoms with Crippen molar-refractivity contribution < 1.29 is 17.5 Å². The van der Waals surface area contributed by atoms with E-state index in [1.54, 1.807) is 20.8 Å². The number of nitrogens with two attached hydrogens (primary N) is 1. The van der Waals surface area contributed by atoms with E-state index in [4.69, 9.17) is 10.5 Å². The monoisotopic (exact) mass is 377 g/mol. The Balaban J connectivity index is 2.34. The number of aromatic nitrogens is 2. The Morgan fingerprint density at radius 1 is 1.23 bits per heavy atom. The van der Waals surface area contributed by atoms with Gasteiger partial charge in [-0.15, -0.1) is 0 Å². The molecule has 0 unspecified atom stereocenters. The Labute approximate surface area is 151 Å². The molecule has 0 aliphatic carbocycles. The predicted octanol–water partition coefficient (Wildman–Crippen LogP) is 3.30. The van der Waals surface area contributed by atoms with Gasteiger partial charge in [0, 0.05) is 23.5 Å². The highest BCUT2D eigenvalue weighted by molar-refractivity contribution is 7.92. The van der Waals surface area contributed by atoms with Gasteiger partial charge >= 0.3 is 0 Å². The second kappa shape index (κ2) is 5.98. The standard InChI is InChI=1S/C18H20FN3O3S/c1-18(2,3)26(23,24)16-10-22-14(9-21-17(22)8-15(16)25-4)12-7-11(20)5-6-13(12)19/h5-10H,20H2,1-4H3. The van der Waals surface area contributed by atoms with Crippen molar-refractivity contribution in [1.82, 2.24) is 9.38 Å². The van der Waals surface area contributed by atoms with Crippen LogP contribution in [0.5, 0.6) is 5.75 Å². The smallest absolute Gasteiger partial charge is 0.188 e. The second-order valence-corrected chi connectivity index (χ2v) is 9.60. The molecule has 26 heavy (non-hydrogen) atoms. The Kier molecular flexibility index (Phi) is 4.18. The molecule has 2 aromatic heterocycles. The van der Waals surface area contributed by atoms with Crippen LogP contribution in [-0.2, 0) is 9.84 Å². The summed E-state index contributed by atoms with van der Waals surface area (Å²) in [5.74, 6) is -0.283. The van der Waals surface area contributed by atoms with E-state index in [0.717, 1.165) is 0 Å². The fourth-order valence-corrected chi connectivity index (χ4v) is 3.93. The molecule has 0 saturated heterocycles. The van der Waals surface area contributed by atoms with E-state index in [2.05, 4.69) is 4.98 Å². The Morgan fingerprint density at radius 3 is 2.54 bits per heavy atom.